The van der Waals surface area contributed by atoms with E-state index in [-0.39, 0.29) is 19.0 Å². The van der Waals surface area contributed by atoms with Crippen LogP contribution in [-0.4, -0.2) is 50.5 Å². The molecule has 0 aliphatic carbocycles. The van der Waals surface area contributed by atoms with Crippen LogP contribution in [0.4, 0.5) is 5.69 Å². The zero-order chi connectivity index (χ0) is 24.6. The number of hydrogen-bond donors (Lipinski definition) is 1. The van der Waals surface area contributed by atoms with Crippen LogP contribution in [0.25, 0.3) is 0 Å². The first kappa shape index (κ1) is 26.4. The highest BCUT2D eigenvalue weighted by molar-refractivity contribution is 7.92. The van der Waals surface area contributed by atoms with Crippen molar-refractivity contribution in [1.29, 1.82) is 0 Å². The van der Waals surface area contributed by atoms with Gasteiger partial charge < -0.3 is 10.2 Å². The maximum absolute atomic E-state index is 13.5. The van der Waals surface area contributed by atoms with Gasteiger partial charge in [-0.1, -0.05) is 55.3 Å². The molecule has 2 aromatic rings. The summed E-state index contributed by atoms with van der Waals surface area (Å²) in [6, 6.07) is 13.9. The Bertz CT molecular complexity index is 1070. The molecule has 0 aromatic heterocycles. The summed E-state index contributed by atoms with van der Waals surface area (Å²) in [4.78, 5) is 27.7. The van der Waals surface area contributed by atoms with Crippen molar-refractivity contribution in [2.24, 2.45) is 0 Å². The van der Waals surface area contributed by atoms with E-state index in [1.54, 1.807) is 25.1 Å². The zero-order valence-electron chi connectivity index (χ0n) is 20.2. The number of aryl methyl sites for hydroxylation is 2. The Morgan fingerprint density at radius 1 is 1.03 bits per heavy atom. The maximum atomic E-state index is 13.5. The van der Waals surface area contributed by atoms with Crippen LogP contribution in [0, 0.1) is 13.8 Å². The summed E-state index contributed by atoms with van der Waals surface area (Å²) in [6.07, 6.45) is 2.87. The molecule has 8 heteroatoms. The summed E-state index contributed by atoms with van der Waals surface area (Å²) in [6.45, 7) is 7.87. The third-order valence-corrected chi connectivity index (χ3v) is 6.54. The zero-order valence-corrected chi connectivity index (χ0v) is 21.0. The van der Waals surface area contributed by atoms with Crippen molar-refractivity contribution in [1.82, 2.24) is 10.2 Å². The van der Waals surface area contributed by atoms with Gasteiger partial charge in [-0.05, 0) is 50.5 Å². The van der Waals surface area contributed by atoms with Gasteiger partial charge in [-0.15, -0.1) is 0 Å². The number of hydrogen-bond acceptors (Lipinski definition) is 4. The third-order valence-electron chi connectivity index (χ3n) is 5.40. The quantitative estimate of drug-likeness (QED) is 0.507. The van der Waals surface area contributed by atoms with Gasteiger partial charge in [-0.3, -0.25) is 13.9 Å². The summed E-state index contributed by atoms with van der Waals surface area (Å²) < 4.78 is 26.2. The molecule has 2 aromatic carbocycles. The Morgan fingerprint density at radius 3 is 2.24 bits per heavy atom. The molecular formula is C25H35N3O4S. The van der Waals surface area contributed by atoms with Crippen LogP contribution >= 0.6 is 0 Å². The Balaban J connectivity index is 2.34. The lowest BCUT2D eigenvalue weighted by Crippen LogP contribution is -2.51. The van der Waals surface area contributed by atoms with Crippen molar-refractivity contribution in [3.63, 3.8) is 0 Å². The molecule has 33 heavy (non-hydrogen) atoms. The molecule has 0 spiro atoms. The van der Waals surface area contributed by atoms with Gasteiger partial charge in [-0.25, -0.2) is 8.42 Å². The van der Waals surface area contributed by atoms with Crippen LogP contribution in [0.1, 0.15) is 43.4 Å². The minimum absolute atomic E-state index is 0.203. The number of carbonyl (C=O) groups excluding carboxylic acids is 2. The Hall–Kier alpha value is -2.87. The first-order valence-corrected chi connectivity index (χ1v) is 13.0. The number of rotatable bonds is 11. The molecule has 0 saturated carbocycles. The second-order valence-corrected chi connectivity index (χ2v) is 10.3. The Morgan fingerprint density at radius 2 is 1.67 bits per heavy atom. The summed E-state index contributed by atoms with van der Waals surface area (Å²) in [5, 5.41) is 2.87. The van der Waals surface area contributed by atoms with Crippen LogP contribution in [0.2, 0.25) is 0 Å². The molecule has 0 unspecified atom stereocenters. The van der Waals surface area contributed by atoms with Crippen molar-refractivity contribution < 1.29 is 18.0 Å². The Labute approximate surface area is 197 Å². The summed E-state index contributed by atoms with van der Waals surface area (Å²) in [5.74, 6) is -0.701. The van der Waals surface area contributed by atoms with Gasteiger partial charge in [0.15, 0.2) is 0 Å². The summed E-state index contributed by atoms with van der Waals surface area (Å²) in [7, 11) is -3.72. The van der Waals surface area contributed by atoms with E-state index in [9.17, 15) is 18.0 Å². The minimum Gasteiger partial charge on any atom is -0.354 e. The number of benzene rings is 2. The molecule has 7 nitrogen and oxygen atoms in total. The molecule has 0 radical (unpaired) electrons. The lowest BCUT2D eigenvalue weighted by atomic mass is 10.1. The average molecular weight is 474 g/mol. The van der Waals surface area contributed by atoms with Crippen LogP contribution in [0.3, 0.4) is 0 Å². The van der Waals surface area contributed by atoms with E-state index in [2.05, 4.69) is 5.32 Å². The van der Waals surface area contributed by atoms with Gasteiger partial charge in [0.2, 0.25) is 21.8 Å². The number of amides is 2. The fourth-order valence-electron chi connectivity index (χ4n) is 3.52. The number of unbranched alkanes of at least 4 members (excludes halogenated alkanes) is 1. The molecule has 0 bridgehead atoms. The highest BCUT2D eigenvalue weighted by atomic mass is 32.2. The highest BCUT2D eigenvalue weighted by Gasteiger charge is 2.30. The smallest absolute Gasteiger partial charge is 0.244 e. The normalized spacial score (nSPS) is 12.2. The number of anilines is 1. The van der Waals surface area contributed by atoms with Crippen LogP contribution in [0.5, 0.6) is 0 Å². The molecule has 0 heterocycles. The number of carbonyl (C=O) groups is 2. The number of nitrogens with one attached hydrogen (secondary N) is 1. The highest BCUT2D eigenvalue weighted by Crippen LogP contribution is 2.20. The fraction of sp³-hybridized carbons (Fsp3) is 0.440. The molecule has 1 atom stereocenters. The average Bonchev–Trinajstić information content (AvgIpc) is 2.74. The lowest BCUT2D eigenvalue weighted by Gasteiger charge is -2.31. The topological polar surface area (TPSA) is 86.8 Å². The van der Waals surface area contributed by atoms with Crippen molar-refractivity contribution in [2.75, 3.05) is 23.7 Å². The molecule has 0 aliphatic rings. The van der Waals surface area contributed by atoms with Gasteiger partial charge in [0.05, 0.1) is 11.9 Å². The molecule has 2 rings (SSSR count). The van der Waals surface area contributed by atoms with Gasteiger partial charge in [-0.2, -0.15) is 0 Å². The molecule has 0 aliphatic heterocycles. The number of nitrogens with zero attached hydrogens (tertiary/aromatic N) is 2. The second kappa shape index (κ2) is 11.8. The summed E-state index contributed by atoms with van der Waals surface area (Å²) >= 11 is 0. The van der Waals surface area contributed by atoms with E-state index in [1.807, 2.05) is 51.1 Å². The van der Waals surface area contributed by atoms with E-state index in [1.165, 1.54) is 4.90 Å². The van der Waals surface area contributed by atoms with Crippen molar-refractivity contribution in [2.45, 2.75) is 53.1 Å². The molecule has 2 amide bonds. The monoisotopic (exact) mass is 473 g/mol. The van der Waals surface area contributed by atoms with E-state index in [0.29, 0.717) is 12.2 Å². The van der Waals surface area contributed by atoms with Crippen molar-refractivity contribution >= 4 is 27.5 Å². The van der Waals surface area contributed by atoms with E-state index < -0.39 is 22.0 Å². The first-order valence-electron chi connectivity index (χ1n) is 11.2. The predicted octanol–water partition coefficient (Wildman–Crippen LogP) is 3.40. The molecule has 1 N–H and O–H groups in total. The number of sulfonamides is 1. The van der Waals surface area contributed by atoms with Gasteiger partial charge in [0, 0.05) is 13.1 Å². The standard InChI is InChI=1S/C25H35N3O4S/c1-6-7-14-26-25(30)21(4)27(17-22-12-8-10-19(2)15-22)24(29)18-28(33(5,31)32)23-13-9-11-20(3)16-23/h8-13,15-16,21H,6-7,14,17-18H2,1-5H3,(H,26,30)/t21-/m0/s1. The van der Waals surface area contributed by atoms with Crippen LogP contribution in [0.15, 0.2) is 48.5 Å². The minimum atomic E-state index is -3.72. The Kier molecular flexibility index (Phi) is 9.46. The van der Waals surface area contributed by atoms with E-state index >= 15 is 0 Å². The van der Waals surface area contributed by atoms with Crippen LogP contribution in [-0.2, 0) is 26.2 Å². The predicted molar refractivity (Wildman–Crippen MR) is 132 cm³/mol. The SMILES string of the molecule is CCCCNC(=O)[C@H](C)N(Cc1cccc(C)c1)C(=O)CN(c1cccc(C)c1)S(C)(=O)=O. The van der Waals surface area contributed by atoms with Gasteiger partial charge in [0.1, 0.15) is 12.6 Å². The third kappa shape index (κ3) is 7.89. The van der Waals surface area contributed by atoms with Gasteiger partial charge in [0.25, 0.3) is 0 Å². The summed E-state index contributed by atoms with van der Waals surface area (Å²) in [5.41, 5.74) is 3.21. The fourth-order valence-corrected chi connectivity index (χ4v) is 4.36. The van der Waals surface area contributed by atoms with Crippen molar-refractivity contribution in [3.05, 3.63) is 65.2 Å². The first-order chi connectivity index (χ1) is 15.5. The molecular weight excluding hydrogens is 438 g/mol. The second-order valence-electron chi connectivity index (χ2n) is 8.44. The van der Waals surface area contributed by atoms with Crippen molar-refractivity contribution in [3.8, 4) is 0 Å². The molecule has 0 saturated heterocycles. The maximum Gasteiger partial charge on any atom is 0.244 e. The largest absolute Gasteiger partial charge is 0.354 e. The lowest BCUT2D eigenvalue weighted by molar-refractivity contribution is -0.139. The molecule has 180 valence electrons. The van der Waals surface area contributed by atoms with Gasteiger partial charge >= 0.3 is 0 Å². The van der Waals surface area contributed by atoms with E-state index in [4.69, 9.17) is 0 Å². The van der Waals surface area contributed by atoms with E-state index in [0.717, 1.165) is 40.1 Å². The van der Waals surface area contributed by atoms with Crippen LogP contribution < -0.4 is 9.62 Å². The molecule has 0 fully saturated rings.